The van der Waals surface area contributed by atoms with Crippen molar-refractivity contribution in [3.05, 3.63) is 0 Å². The molecule has 0 fully saturated rings. The van der Waals surface area contributed by atoms with E-state index in [2.05, 4.69) is 0 Å². The van der Waals surface area contributed by atoms with Crippen LogP contribution in [0.3, 0.4) is 0 Å². The first kappa shape index (κ1) is 72.5. The summed E-state index contributed by atoms with van der Waals surface area (Å²) in [5, 5.41) is 0. The smallest absolute Gasteiger partial charge is 0 e. The van der Waals surface area contributed by atoms with E-state index in [0.717, 1.165) is 0 Å². The molecule has 0 unspecified atom stereocenters. The molecule has 0 aliphatic carbocycles. The topological polar surface area (TPSA) is 0 Å². The Hall–Kier alpha value is 2.64. The molecule has 6 heteroatoms. The molecule has 0 aromatic rings. The third-order valence-corrected chi connectivity index (χ3v) is 0. The second-order valence-corrected chi connectivity index (χ2v) is 0. The van der Waals surface area contributed by atoms with E-state index in [1.54, 1.807) is 0 Å². The van der Waals surface area contributed by atoms with Gasteiger partial charge in [0.05, 0.1) is 0 Å². The van der Waals surface area contributed by atoms with Gasteiger partial charge in [0.15, 0.2) is 0 Å². The Labute approximate surface area is 96.9 Å². The van der Waals surface area contributed by atoms with Crippen molar-refractivity contribution in [2.24, 2.45) is 0 Å². The van der Waals surface area contributed by atoms with Gasteiger partial charge in [0.1, 0.15) is 0 Å². The Morgan fingerprint density at radius 3 is 0.500 bits per heavy atom. The summed E-state index contributed by atoms with van der Waals surface area (Å²) in [6, 6.07) is 0. The van der Waals surface area contributed by atoms with E-state index < -0.39 is 0 Å². The first-order valence-electron chi connectivity index (χ1n) is 0. The van der Waals surface area contributed by atoms with Crippen molar-refractivity contribution in [1.82, 2.24) is 0 Å². The molecule has 0 nitrogen and oxygen atoms in total. The maximum absolute atomic E-state index is 0. The second kappa shape index (κ2) is 48.4. The van der Waals surface area contributed by atoms with Gasteiger partial charge < -0.3 is 0 Å². The number of hydrogen-bond acceptors (Lipinski definition) is 0. The maximum Gasteiger partial charge on any atom is 0 e. The van der Waals surface area contributed by atoms with Crippen molar-refractivity contribution in [2.45, 2.75) is 0 Å². The summed E-state index contributed by atoms with van der Waals surface area (Å²) in [6.07, 6.45) is 0. The molecule has 0 saturated heterocycles. The molecule has 0 aliphatic heterocycles. The minimum atomic E-state index is 0. The Balaban J connectivity index is 0. The van der Waals surface area contributed by atoms with Crippen LogP contribution in [0.25, 0.3) is 0 Å². The Morgan fingerprint density at radius 2 is 0.500 bits per heavy atom. The van der Waals surface area contributed by atoms with Gasteiger partial charge in [-0.25, -0.2) is 0 Å². The monoisotopic (exact) mass is 216 g/mol. The van der Waals surface area contributed by atoms with Crippen LogP contribution >= 0.6 is 49.6 Å². The fraction of sp³-hybridized carbons (Fsp3) is 0. The second-order valence-electron chi connectivity index (χ2n) is 0. The van der Waals surface area contributed by atoms with Crippen LogP contribution in [0.15, 0.2) is 0 Å². The van der Waals surface area contributed by atoms with Crippen LogP contribution in [-0.4, -0.2) is 11.0 Å². The van der Waals surface area contributed by atoms with Crippen LogP contribution in [-0.2, 0) is 0 Å². The minimum absolute atomic E-state index is 0. The standard InChI is InChI=1S/Ar.4ClH.H4Si/h;4*1H;1H4. The van der Waals surface area contributed by atoms with E-state index in [4.69, 9.17) is 0 Å². The van der Waals surface area contributed by atoms with Crippen LogP contribution in [0, 0.1) is 37.7 Å². The van der Waals surface area contributed by atoms with E-state index in [0.29, 0.717) is 0 Å². The summed E-state index contributed by atoms with van der Waals surface area (Å²) in [7, 11) is 0. The first-order valence-corrected chi connectivity index (χ1v) is 0. The number of rotatable bonds is 0. The van der Waals surface area contributed by atoms with Gasteiger partial charge in [-0.05, 0) is 11.0 Å². The fourth-order valence-corrected chi connectivity index (χ4v) is 0. The molecular formula is H8ArCl4Si. The molecule has 0 aromatic carbocycles. The summed E-state index contributed by atoms with van der Waals surface area (Å²) in [5.74, 6) is 0. The van der Waals surface area contributed by atoms with Gasteiger partial charge in [-0.3, -0.25) is 0 Å². The van der Waals surface area contributed by atoms with Crippen molar-refractivity contribution in [2.75, 3.05) is 0 Å². The predicted molar refractivity (Wildman–Crippen MR) is 40.3 cm³/mol. The van der Waals surface area contributed by atoms with Crippen molar-refractivity contribution in [1.29, 1.82) is 0 Å². The zero-order chi connectivity index (χ0) is 0. The normalized spacial score (nSPS) is 0. The summed E-state index contributed by atoms with van der Waals surface area (Å²) >= 11 is 0. The first-order chi connectivity index (χ1) is 0. The van der Waals surface area contributed by atoms with E-state index in [-0.39, 0.29) is 98.3 Å². The average molecular weight is 218 g/mol. The predicted octanol–water partition coefficient (Wildman–Crippen LogP) is 0.236. The van der Waals surface area contributed by atoms with E-state index in [1.165, 1.54) is 0 Å². The third-order valence-electron chi connectivity index (χ3n) is 0. The molecule has 0 radical (unpaired) electrons. The maximum atomic E-state index is 0. The summed E-state index contributed by atoms with van der Waals surface area (Å²) < 4.78 is 0. The van der Waals surface area contributed by atoms with Gasteiger partial charge in [-0.1, -0.05) is 0 Å². The van der Waals surface area contributed by atoms with Gasteiger partial charge >= 0.3 is 0 Å². The zero-order valence-electron chi connectivity index (χ0n) is 1.99. The molecule has 6 heavy (non-hydrogen) atoms. The Morgan fingerprint density at radius 1 is 0.500 bits per heavy atom. The fourth-order valence-electron chi connectivity index (χ4n) is 0. The quantitative estimate of drug-likeness (QED) is 0.510. The van der Waals surface area contributed by atoms with Gasteiger partial charge in [0.25, 0.3) is 0 Å². The molecule has 0 bridgehead atoms. The molecule has 0 aliphatic rings. The van der Waals surface area contributed by atoms with Gasteiger partial charge in [-0.2, -0.15) is 0 Å². The average Bonchev–Trinajstić information content (AvgIpc) is 0. The molecule has 0 aromatic heterocycles. The molecule has 0 atom stereocenters. The molecule has 0 saturated carbocycles. The van der Waals surface area contributed by atoms with Crippen LogP contribution in [0.5, 0.6) is 0 Å². The van der Waals surface area contributed by atoms with Gasteiger partial charge in [-0.15, -0.1) is 49.6 Å². The molecule has 0 N–H and O–H groups in total. The molecule has 0 spiro atoms. The summed E-state index contributed by atoms with van der Waals surface area (Å²) in [5.41, 5.74) is 0. The zero-order valence-corrected chi connectivity index (χ0v) is 5.96. The van der Waals surface area contributed by atoms with Crippen LogP contribution in [0.1, 0.15) is 0 Å². The van der Waals surface area contributed by atoms with E-state index in [9.17, 15) is 0 Å². The third kappa shape index (κ3) is 30.3. The molecule has 0 rings (SSSR count). The van der Waals surface area contributed by atoms with Crippen LogP contribution < -0.4 is 0 Å². The van der Waals surface area contributed by atoms with Gasteiger partial charge in [0, 0.05) is 37.7 Å². The van der Waals surface area contributed by atoms with Crippen molar-refractivity contribution >= 4 is 60.6 Å². The number of halogens is 4. The molecular weight excluding hydrogens is 210 g/mol. The van der Waals surface area contributed by atoms with Crippen LogP contribution in [0.4, 0.5) is 0 Å². The Bertz CT molecular complexity index is 7.51. The number of hydrogen-bond donors (Lipinski definition) is 0. The molecule has 0 heterocycles. The van der Waals surface area contributed by atoms with E-state index in [1.807, 2.05) is 0 Å². The largest absolute Gasteiger partial charge is 0.147 e. The van der Waals surface area contributed by atoms with Crippen LogP contribution in [0.2, 0.25) is 0 Å². The summed E-state index contributed by atoms with van der Waals surface area (Å²) in [6.45, 7) is 0. The van der Waals surface area contributed by atoms with Crippen molar-refractivity contribution in [3.8, 4) is 0 Å². The van der Waals surface area contributed by atoms with E-state index >= 15 is 0 Å². The Kier molecular flexibility index (Phi) is 584. The summed E-state index contributed by atoms with van der Waals surface area (Å²) in [4.78, 5) is 0. The van der Waals surface area contributed by atoms with Crippen molar-refractivity contribution in [3.63, 3.8) is 0 Å². The molecule has 48 valence electrons. The van der Waals surface area contributed by atoms with Gasteiger partial charge in [0.2, 0.25) is 0 Å². The molecule has 0 amide bonds. The minimum Gasteiger partial charge on any atom is -0.147 e. The van der Waals surface area contributed by atoms with Crippen molar-refractivity contribution < 1.29 is 37.7 Å². The SMILES string of the molecule is Cl.Cl.Cl.Cl.[Ar].[SiH4].